The van der Waals surface area contributed by atoms with E-state index in [1.165, 1.54) is 25.5 Å². The molecule has 0 aliphatic carbocycles. The number of halogens is 3. The monoisotopic (exact) mass is 468 g/mol. The van der Waals surface area contributed by atoms with Crippen molar-refractivity contribution in [2.24, 2.45) is 10.7 Å². The molecule has 34 heavy (non-hydrogen) atoms. The minimum Gasteiger partial charge on any atom is -0.398 e. The first-order chi connectivity index (χ1) is 16.2. The number of amides is 1. The number of benzene rings is 2. The van der Waals surface area contributed by atoms with Gasteiger partial charge < -0.3 is 16.4 Å². The molecule has 10 heteroatoms. The van der Waals surface area contributed by atoms with Gasteiger partial charge >= 0.3 is 6.18 Å². The van der Waals surface area contributed by atoms with Crippen molar-refractivity contribution >= 4 is 23.5 Å². The van der Waals surface area contributed by atoms with E-state index < -0.39 is 17.6 Å². The molecule has 0 radical (unpaired) electrons. The third kappa shape index (κ3) is 5.84. The van der Waals surface area contributed by atoms with Crippen LogP contribution in [0.25, 0.3) is 17.0 Å². The standard InChI is InChI=1S/C24H23F3N6O/c1-29-11-10-19(28)17-12-16(8-9-18(17)24(25,26)27)23(34)32-20-13-31-21(14-30-2)33-22(20)15-6-4-3-5-7-15/h3-13,30H,14,28H2,1-2H3,(H,32,34). The maximum absolute atomic E-state index is 13.5. The molecular weight excluding hydrogens is 445 g/mol. The number of aromatic nitrogens is 2. The van der Waals surface area contributed by atoms with E-state index in [-0.39, 0.29) is 16.8 Å². The van der Waals surface area contributed by atoms with Gasteiger partial charge in [0, 0.05) is 35.6 Å². The Morgan fingerprint density at radius 1 is 1.18 bits per heavy atom. The topological polar surface area (TPSA) is 105 Å². The molecule has 1 amide bonds. The molecule has 0 saturated heterocycles. The number of rotatable bonds is 7. The highest BCUT2D eigenvalue weighted by Crippen LogP contribution is 2.35. The Morgan fingerprint density at radius 2 is 1.91 bits per heavy atom. The normalized spacial score (nSPS) is 12.2. The van der Waals surface area contributed by atoms with Crippen LogP contribution in [0.1, 0.15) is 27.3 Å². The zero-order valence-corrected chi connectivity index (χ0v) is 18.5. The van der Waals surface area contributed by atoms with Crippen LogP contribution in [0.15, 0.2) is 65.8 Å². The first-order valence-corrected chi connectivity index (χ1v) is 10.2. The second-order valence-corrected chi connectivity index (χ2v) is 7.19. The molecule has 0 spiro atoms. The molecule has 0 fully saturated rings. The SMILES string of the molecule is CN=CC=C(N)c1cc(C(=O)Nc2cnc(CNC)nc2-c2ccccc2)ccc1C(F)(F)F. The Kier molecular flexibility index (Phi) is 7.75. The first kappa shape index (κ1) is 24.6. The number of alkyl halides is 3. The van der Waals surface area contributed by atoms with Gasteiger partial charge in [0.05, 0.1) is 29.7 Å². The molecule has 0 unspecified atom stereocenters. The molecule has 3 aromatic rings. The van der Waals surface area contributed by atoms with Crippen LogP contribution in [0.4, 0.5) is 18.9 Å². The molecule has 0 atom stereocenters. The summed E-state index contributed by atoms with van der Waals surface area (Å²) in [6.45, 7) is 0.420. The third-order valence-electron chi connectivity index (χ3n) is 4.77. The molecule has 0 saturated carbocycles. The van der Waals surface area contributed by atoms with Gasteiger partial charge in [-0.25, -0.2) is 9.97 Å². The van der Waals surface area contributed by atoms with Gasteiger partial charge in [0.15, 0.2) is 0 Å². The minimum atomic E-state index is -4.65. The van der Waals surface area contributed by atoms with Crippen molar-refractivity contribution in [3.63, 3.8) is 0 Å². The lowest BCUT2D eigenvalue weighted by Gasteiger charge is -2.15. The summed E-state index contributed by atoms with van der Waals surface area (Å²) in [5.74, 6) is -0.110. The number of carbonyl (C=O) groups excluding carboxylic acids is 1. The largest absolute Gasteiger partial charge is 0.417 e. The van der Waals surface area contributed by atoms with Crippen molar-refractivity contribution in [1.82, 2.24) is 15.3 Å². The second kappa shape index (κ2) is 10.7. The summed E-state index contributed by atoms with van der Waals surface area (Å²) in [7, 11) is 3.22. The van der Waals surface area contributed by atoms with Crippen molar-refractivity contribution in [1.29, 1.82) is 0 Å². The second-order valence-electron chi connectivity index (χ2n) is 7.19. The molecular formula is C24H23F3N6O. The molecule has 0 aliphatic heterocycles. The fourth-order valence-corrected chi connectivity index (χ4v) is 3.18. The van der Waals surface area contributed by atoms with Crippen LogP contribution in [0.2, 0.25) is 0 Å². The Morgan fingerprint density at radius 3 is 2.56 bits per heavy atom. The smallest absolute Gasteiger partial charge is 0.398 e. The number of nitrogens with two attached hydrogens (primary N) is 1. The molecule has 1 aromatic heterocycles. The van der Waals surface area contributed by atoms with Crippen LogP contribution in [0, 0.1) is 0 Å². The van der Waals surface area contributed by atoms with E-state index in [2.05, 4.69) is 25.6 Å². The van der Waals surface area contributed by atoms with Gasteiger partial charge in [0.1, 0.15) is 5.82 Å². The maximum Gasteiger partial charge on any atom is 0.417 e. The Balaban J connectivity index is 2.01. The highest BCUT2D eigenvalue weighted by Gasteiger charge is 2.34. The molecule has 3 rings (SSSR count). The molecule has 1 heterocycles. The predicted molar refractivity (Wildman–Crippen MR) is 126 cm³/mol. The molecule has 7 nitrogen and oxygen atoms in total. The summed E-state index contributed by atoms with van der Waals surface area (Å²) in [6, 6.07) is 12.2. The fourth-order valence-electron chi connectivity index (χ4n) is 3.18. The zero-order valence-electron chi connectivity index (χ0n) is 18.5. The van der Waals surface area contributed by atoms with Gasteiger partial charge in [-0.05, 0) is 31.3 Å². The molecule has 4 N–H and O–H groups in total. The van der Waals surface area contributed by atoms with Crippen LogP contribution in [0.5, 0.6) is 0 Å². The molecule has 0 aliphatic rings. The van der Waals surface area contributed by atoms with Gasteiger partial charge in [-0.1, -0.05) is 30.3 Å². The highest BCUT2D eigenvalue weighted by molar-refractivity contribution is 6.06. The average molecular weight is 468 g/mol. The van der Waals surface area contributed by atoms with Gasteiger partial charge in [0.2, 0.25) is 0 Å². The molecule has 2 aromatic carbocycles. The summed E-state index contributed by atoms with van der Waals surface area (Å²) in [6.07, 6.45) is -0.660. The van der Waals surface area contributed by atoms with E-state index in [4.69, 9.17) is 5.73 Å². The Hall–Kier alpha value is -4.05. The van der Waals surface area contributed by atoms with E-state index in [9.17, 15) is 18.0 Å². The van der Waals surface area contributed by atoms with Crippen molar-refractivity contribution in [2.45, 2.75) is 12.7 Å². The fraction of sp³-hybridized carbons (Fsp3) is 0.167. The third-order valence-corrected chi connectivity index (χ3v) is 4.77. The number of anilines is 1. The van der Waals surface area contributed by atoms with Crippen LogP contribution in [-0.2, 0) is 12.7 Å². The zero-order chi connectivity index (χ0) is 24.7. The van der Waals surface area contributed by atoms with Gasteiger partial charge in [-0.3, -0.25) is 9.79 Å². The predicted octanol–water partition coefficient (Wildman–Crippen LogP) is 4.13. The molecule has 176 valence electrons. The lowest BCUT2D eigenvalue weighted by molar-refractivity contribution is -0.137. The lowest BCUT2D eigenvalue weighted by Crippen LogP contribution is -2.17. The maximum atomic E-state index is 13.5. The van der Waals surface area contributed by atoms with E-state index in [0.717, 1.165) is 23.8 Å². The number of carbonyl (C=O) groups is 1. The Bertz CT molecular complexity index is 1220. The quantitative estimate of drug-likeness (QED) is 0.452. The number of nitrogens with zero attached hydrogens (tertiary/aromatic N) is 3. The Labute approximate surface area is 194 Å². The van der Waals surface area contributed by atoms with E-state index in [0.29, 0.717) is 23.8 Å². The number of hydrogen-bond acceptors (Lipinski definition) is 6. The number of aliphatic imine (C=N–C) groups is 1. The van der Waals surface area contributed by atoms with Gasteiger partial charge in [0.25, 0.3) is 5.91 Å². The molecule has 0 bridgehead atoms. The van der Waals surface area contributed by atoms with Crippen molar-refractivity contribution in [3.8, 4) is 11.3 Å². The van der Waals surface area contributed by atoms with Crippen molar-refractivity contribution in [2.75, 3.05) is 19.4 Å². The van der Waals surface area contributed by atoms with Crippen molar-refractivity contribution < 1.29 is 18.0 Å². The van der Waals surface area contributed by atoms with Crippen LogP contribution in [-0.4, -0.2) is 36.2 Å². The van der Waals surface area contributed by atoms with Crippen molar-refractivity contribution in [3.05, 3.63) is 83.3 Å². The summed E-state index contributed by atoms with van der Waals surface area (Å²) in [5.41, 5.74) is 5.96. The number of allylic oxidation sites excluding steroid dienone is 1. The number of nitrogens with one attached hydrogen (secondary N) is 2. The summed E-state index contributed by atoms with van der Waals surface area (Å²) < 4.78 is 40.5. The average Bonchev–Trinajstić information content (AvgIpc) is 2.83. The number of hydrogen-bond donors (Lipinski definition) is 3. The summed E-state index contributed by atoms with van der Waals surface area (Å²) >= 11 is 0. The van der Waals surface area contributed by atoms with Gasteiger partial charge in [-0.15, -0.1) is 0 Å². The highest BCUT2D eigenvalue weighted by atomic mass is 19.4. The van der Waals surface area contributed by atoms with E-state index in [1.54, 1.807) is 7.05 Å². The minimum absolute atomic E-state index is 0.00824. The summed E-state index contributed by atoms with van der Waals surface area (Å²) in [5, 5.41) is 5.68. The lowest BCUT2D eigenvalue weighted by atomic mass is 10.00. The van der Waals surface area contributed by atoms with Crippen LogP contribution < -0.4 is 16.4 Å². The van der Waals surface area contributed by atoms with Gasteiger partial charge in [-0.2, -0.15) is 13.2 Å². The van der Waals surface area contributed by atoms with Crippen LogP contribution >= 0.6 is 0 Å². The van der Waals surface area contributed by atoms with E-state index in [1.807, 2.05) is 30.3 Å². The van der Waals surface area contributed by atoms with E-state index >= 15 is 0 Å². The summed E-state index contributed by atoms with van der Waals surface area (Å²) in [4.78, 5) is 25.5. The first-order valence-electron chi connectivity index (χ1n) is 10.2. The van der Waals surface area contributed by atoms with Crippen LogP contribution in [0.3, 0.4) is 0 Å².